The van der Waals surface area contributed by atoms with E-state index >= 15 is 0 Å². The number of pyridine rings is 1. The molecule has 2 aromatic rings. The lowest BCUT2D eigenvalue weighted by molar-refractivity contribution is -0.0481. The van der Waals surface area contributed by atoms with Crippen molar-refractivity contribution >= 4 is 5.91 Å². The van der Waals surface area contributed by atoms with Gasteiger partial charge in [0.15, 0.2) is 0 Å². The van der Waals surface area contributed by atoms with Gasteiger partial charge in [0, 0.05) is 48.4 Å². The van der Waals surface area contributed by atoms with Crippen molar-refractivity contribution in [3.63, 3.8) is 0 Å². The molecule has 25 heavy (non-hydrogen) atoms. The average Bonchev–Trinajstić information content (AvgIpc) is 2.94. The highest BCUT2D eigenvalue weighted by Gasteiger charge is 2.50. The molecule has 0 radical (unpaired) electrons. The topological polar surface area (TPSA) is 62.7 Å². The quantitative estimate of drug-likeness (QED) is 0.935. The molecule has 1 amide bonds. The number of carbonyl (C=O) groups is 1. The lowest BCUT2D eigenvalue weighted by Gasteiger charge is -2.44. The van der Waals surface area contributed by atoms with E-state index in [1.165, 1.54) is 0 Å². The maximum atomic E-state index is 13.1. The zero-order valence-electron chi connectivity index (χ0n) is 14.3. The highest BCUT2D eigenvalue weighted by atomic mass is 16.5. The fourth-order valence-electron chi connectivity index (χ4n) is 4.34. The third kappa shape index (κ3) is 2.78. The number of nitrogens with zero attached hydrogens (tertiary/aromatic N) is 2. The van der Waals surface area contributed by atoms with Crippen LogP contribution in [0.1, 0.15) is 41.6 Å². The molecule has 0 spiro atoms. The standard InChI is InChI=1S/C20H22N2O3/c1-25-18-6-2-4-14(10-18)19(23)22-16-7-8-17(22)12-20(24,11-16)15-5-3-9-21-13-15/h2-6,9-10,13,16-17,24H,7-8,11-12H2,1H3/t16-,17+,20?. The molecular weight excluding hydrogens is 316 g/mol. The van der Waals surface area contributed by atoms with Crippen LogP contribution in [0.5, 0.6) is 5.75 Å². The lowest BCUT2D eigenvalue weighted by Crippen LogP contribution is -2.52. The number of benzene rings is 1. The largest absolute Gasteiger partial charge is 0.497 e. The van der Waals surface area contributed by atoms with E-state index in [4.69, 9.17) is 4.74 Å². The van der Waals surface area contributed by atoms with E-state index in [0.29, 0.717) is 24.2 Å². The highest BCUT2D eigenvalue weighted by molar-refractivity contribution is 5.95. The van der Waals surface area contributed by atoms with Gasteiger partial charge in [-0.15, -0.1) is 0 Å². The first-order valence-electron chi connectivity index (χ1n) is 8.70. The van der Waals surface area contributed by atoms with E-state index in [0.717, 1.165) is 18.4 Å². The van der Waals surface area contributed by atoms with Crippen LogP contribution in [0.25, 0.3) is 0 Å². The zero-order valence-corrected chi connectivity index (χ0v) is 14.3. The normalized spacial score (nSPS) is 28.0. The van der Waals surface area contributed by atoms with Crippen LogP contribution in [0.2, 0.25) is 0 Å². The Labute approximate surface area is 147 Å². The molecule has 2 aliphatic rings. The third-order valence-electron chi connectivity index (χ3n) is 5.52. The number of ether oxygens (including phenoxy) is 1. The van der Waals surface area contributed by atoms with E-state index < -0.39 is 5.60 Å². The number of methoxy groups -OCH3 is 1. The van der Waals surface area contributed by atoms with Crippen LogP contribution in [-0.2, 0) is 5.60 Å². The smallest absolute Gasteiger partial charge is 0.254 e. The van der Waals surface area contributed by atoms with Gasteiger partial charge in [0.1, 0.15) is 5.75 Å². The summed E-state index contributed by atoms with van der Waals surface area (Å²) in [5, 5.41) is 11.2. The van der Waals surface area contributed by atoms with Crippen molar-refractivity contribution in [2.45, 2.75) is 43.4 Å². The van der Waals surface area contributed by atoms with Crippen LogP contribution in [-0.4, -0.2) is 40.1 Å². The Hall–Kier alpha value is -2.40. The molecule has 1 N–H and O–H groups in total. The second kappa shape index (κ2) is 6.15. The van der Waals surface area contributed by atoms with Gasteiger partial charge in [0.05, 0.1) is 12.7 Å². The van der Waals surface area contributed by atoms with Gasteiger partial charge < -0.3 is 14.7 Å². The first kappa shape index (κ1) is 16.1. The summed E-state index contributed by atoms with van der Waals surface area (Å²) < 4.78 is 5.23. The monoisotopic (exact) mass is 338 g/mol. The van der Waals surface area contributed by atoms with Crippen molar-refractivity contribution in [2.24, 2.45) is 0 Å². The van der Waals surface area contributed by atoms with Crippen molar-refractivity contribution in [2.75, 3.05) is 7.11 Å². The van der Waals surface area contributed by atoms with Crippen LogP contribution < -0.4 is 4.74 Å². The number of hydrogen-bond donors (Lipinski definition) is 1. The fourth-order valence-corrected chi connectivity index (χ4v) is 4.34. The number of amides is 1. The van der Waals surface area contributed by atoms with Crippen molar-refractivity contribution in [1.82, 2.24) is 9.88 Å². The predicted molar refractivity (Wildman–Crippen MR) is 93.3 cm³/mol. The summed E-state index contributed by atoms with van der Waals surface area (Å²) in [7, 11) is 1.60. The Balaban J connectivity index is 1.59. The predicted octanol–water partition coefficient (Wildman–Crippen LogP) is 2.75. The van der Waals surface area contributed by atoms with E-state index in [2.05, 4.69) is 4.98 Å². The number of hydrogen-bond acceptors (Lipinski definition) is 4. The Kier molecular flexibility index (Phi) is 3.96. The van der Waals surface area contributed by atoms with Gasteiger partial charge in [-0.25, -0.2) is 0 Å². The second-order valence-corrected chi connectivity index (χ2v) is 7.01. The molecule has 130 valence electrons. The highest BCUT2D eigenvalue weighted by Crippen LogP contribution is 2.46. The Morgan fingerprint density at radius 3 is 2.64 bits per heavy atom. The number of fused-ring (bicyclic) bond motifs is 2. The third-order valence-corrected chi connectivity index (χ3v) is 5.52. The molecular formula is C20H22N2O3. The van der Waals surface area contributed by atoms with Gasteiger partial charge in [-0.2, -0.15) is 0 Å². The number of aromatic nitrogens is 1. The van der Waals surface area contributed by atoms with Crippen molar-refractivity contribution in [1.29, 1.82) is 0 Å². The summed E-state index contributed by atoms with van der Waals surface area (Å²) >= 11 is 0. The molecule has 5 nitrogen and oxygen atoms in total. The average molecular weight is 338 g/mol. The molecule has 2 bridgehead atoms. The molecule has 2 saturated heterocycles. The summed E-state index contributed by atoms with van der Waals surface area (Å²) in [4.78, 5) is 19.2. The van der Waals surface area contributed by atoms with Gasteiger partial charge in [0.2, 0.25) is 0 Å². The lowest BCUT2D eigenvalue weighted by atomic mass is 9.81. The first-order chi connectivity index (χ1) is 12.1. The molecule has 1 aromatic carbocycles. The number of piperidine rings is 1. The minimum absolute atomic E-state index is 0.0274. The Morgan fingerprint density at radius 2 is 2.00 bits per heavy atom. The fraction of sp³-hybridized carbons (Fsp3) is 0.400. The Bertz CT molecular complexity index is 764. The SMILES string of the molecule is COc1cccc(C(=O)N2[C@@H]3CC[C@H]2CC(O)(c2cccnc2)C3)c1. The molecule has 1 unspecified atom stereocenters. The molecule has 0 saturated carbocycles. The van der Waals surface area contributed by atoms with E-state index in [9.17, 15) is 9.90 Å². The summed E-state index contributed by atoms with van der Waals surface area (Å²) in [6.45, 7) is 0. The van der Waals surface area contributed by atoms with Gasteiger partial charge in [-0.05, 0) is 37.1 Å². The van der Waals surface area contributed by atoms with Crippen LogP contribution in [0.4, 0.5) is 0 Å². The number of rotatable bonds is 3. The molecule has 1 aromatic heterocycles. The van der Waals surface area contributed by atoms with Gasteiger partial charge >= 0.3 is 0 Å². The van der Waals surface area contributed by atoms with Crippen molar-refractivity contribution in [3.8, 4) is 5.75 Å². The molecule has 2 fully saturated rings. The zero-order chi connectivity index (χ0) is 17.4. The summed E-state index contributed by atoms with van der Waals surface area (Å²) in [5.41, 5.74) is 0.592. The van der Waals surface area contributed by atoms with E-state index in [1.54, 1.807) is 25.6 Å². The maximum Gasteiger partial charge on any atom is 0.254 e. The summed E-state index contributed by atoms with van der Waals surface area (Å²) in [5.74, 6) is 0.710. The maximum absolute atomic E-state index is 13.1. The van der Waals surface area contributed by atoms with Crippen LogP contribution in [0, 0.1) is 0 Å². The summed E-state index contributed by atoms with van der Waals surface area (Å²) in [6, 6.07) is 11.2. The minimum atomic E-state index is -0.898. The van der Waals surface area contributed by atoms with Crippen molar-refractivity contribution in [3.05, 3.63) is 59.9 Å². The first-order valence-corrected chi connectivity index (χ1v) is 8.70. The number of aliphatic hydroxyl groups is 1. The molecule has 3 heterocycles. The molecule has 4 rings (SSSR count). The van der Waals surface area contributed by atoms with Gasteiger partial charge in [-0.1, -0.05) is 12.1 Å². The molecule has 3 atom stereocenters. The van der Waals surface area contributed by atoms with Crippen LogP contribution in [0.15, 0.2) is 48.8 Å². The minimum Gasteiger partial charge on any atom is -0.497 e. The van der Waals surface area contributed by atoms with Crippen LogP contribution in [0.3, 0.4) is 0 Å². The summed E-state index contributed by atoms with van der Waals surface area (Å²) in [6.07, 6.45) is 6.43. The molecule has 2 aliphatic heterocycles. The van der Waals surface area contributed by atoms with Gasteiger partial charge in [0.25, 0.3) is 5.91 Å². The second-order valence-electron chi connectivity index (χ2n) is 7.01. The van der Waals surface area contributed by atoms with E-state index in [-0.39, 0.29) is 18.0 Å². The Morgan fingerprint density at radius 1 is 1.24 bits per heavy atom. The van der Waals surface area contributed by atoms with E-state index in [1.807, 2.05) is 35.2 Å². The number of carbonyl (C=O) groups excluding carboxylic acids is 1. The van der Waals surface area contributed by atoms with Gasteiger partial charge in [-0.3, -0.25) is 9.78 Å². The van der Waals surface area contributed by atoms with Crippen molar-refractivity contribution < 1.29 is 14.6 Å². The molecule has 0 aliphatic carbocycles. The van der Waals surface area contributed by atoms with Crippen LogP contribution >= 0.6 is 0 Å². The molecule has 5 heteroatoms.